The second kappa shape index (κ2) is 4.63. The smallest absolute Gasteiger partial charge is 0.375 e. The van der Waals surface area contributed by atoms with Gasteiger partial charge in [0.1, 0.15) is 5.82 Å². The number of hydrogen-bond donors (Lipinski definition) is 1. The van der Waals surface area contributed by atoms with Gasteiger partial charge in [-0.15, -0.1) is 16.4 Å². The van der Waals surface area contributed by atoms with Crippen molar-refractivity contribution in [2.75, 3.05) is 0 Å². The lowest BCUT2D eigenvalue weighted by Gasteiger charge is -2.18. The molecule has 0 bridgehead atoms. The van der Waals surface area contributed by atoms with E-state index in [1.54, 1.807) is 10.2 Å². The lowest BCUT2D eigenvalue weighted by atomic mass is 9.95. The molecule has 0 radical (unpaired) electrons. The van der Waals surface area contributed by atoms with Crippen LogP contribution in [0.3, 0.4) is 0 Å². The van der Waals surface area contributed by atoms with Crippen molar-refractivity contribution in [2.24, 2.45) is 0 Å². The summed E-state index contributed by atoms with van der Waals surface area (Å²) in [6.07, 6.45) is 0. The highest BCUT2D eigenvalue weighted by atomic mass is 32.1. The van der Waals surface area contributed by atoms with Gasteiger partial charge in [0.2, 0.25) is 0 Å². The first-order valence-electron chi connectivity index (χ1n) is 6.41. The second-order valence-electron chi connectivity index (χ2n) is 5.73. The van der Waals surface area contributed by atoms with Crippen LogP contribution in [-0.4, -0.2) is 30.8 Å². The fourth-order valence-corrected chi connectivity index (χ4v) is 2.75. The number of fused-ring (bicyclic) bond motifs is 1. The average Bonchev–Trinajstić information content (AvgIpc) is 3.03. The SMILES string of the molecule is CC(C)(C)c1nc(C(=O)O)nn1-c1ccc2ncsc2c1. The van der Waals surface area contributed by atoms with Crippen molar-refractivity contribution in [2.45, 2.75) is 26.2 Å². The van der Waals surface area contributed by atoms with E-state index in [9.17, 15) is 4.79 Å². The molecule has 21 heavy (non-hydrogen) atoms. The number of carbonyl (C=O) groups is 1. The minimum atomic E-state index is -1.13. The molecule has 2 heterocycles. The minimum Gasteiger partial charge on any atom is -0.475 e. The summed E-state index contributed by atoms with van der Waals surface area (Å²) in [5, 5.41) is 13.3. The predicted octanol–water partition coefficient (Wildman–Crippen LogP) is 2.87. The Hall–Kier alpha value is -2.28. The number of aromatic carboxylic acids is 1. The third-order valence-corrected chi connectivity index (χ3v) is 3.82. The van der Waals surface area contributed by atoms with E-state index in [0.29, 0.717) is 5.82 Å². The summed E-state index contributed by atoms with van der Waals surface area (Å²) < 4.78 is 2.63. The minimum absolute atomic E-state index is 0.190. The maximum atomic E-state index is 11.1. The van der Waals surface area contributed by atoms with Gasteiger partial charge >= 0.3 is 5.97 Å². The summed E-state index contributed by atoms with van der Waals surface area (Å²) >= 11 is 1.53. The fraction of sp³-hybridized carbons (Fsp3) is 0.286. The quantitative estimate of drug-likeness (QED) is 0.787. The Morgan fingerprint density at radius 1 is 1.33 bits per heavy atom. The molecule has 0 aliphatic carbocycles. The zero-order chi connectivity index (χ0) is 15.2. The lowest BCUT2D eigenvalue weighted by Crippen LogP contribution is -2.18. The summed E-state index contributed by atoms with van der Waals surface area (Å²) in [7, 11) is 0. The molecule has 0 aliphatic heterocycles. The molecule has 6 nitrogen and oxygen atoms in total. The van der Waals surface area contributed by atoms with Crippen molar-refractivity contribution in [1.82, 2.24) is 19.7 Å². The molecule has 0 fully saturated rings. The zero-order valence-corrected chi connectivity index (χ0v) is 12.7. The molecule has 3 rings (SSSR count). The fourth-order valence-electron chi connectivity index (χ4n) is 2.04. The van der Waals surface area contributed by atoms with Gasteiger partial charge in [0.15, 0.2) is 0 Å². The molecular formula is C14H14N4O2S. The van der Waals surface area contributed by atoms with Crippen molar-refractivity contribution in [1.29, 1.82) is 0 Å². The molecule has 0 saturated carbocycles. The molecule has 1 N–H and O–H groups in total. The Morgan fingerprint density at radius 3 is 2.76 bits per heavy atom. The molecule has 3 aromatic rings. The molecule has 0 saturated heterocycles. The van der Waals surface area contributed by atoms with Crippen LogP contribution in [0, 0.1) is 0 Å². The van der Waals surface area contributed by atoms with Crippen LogP contribution in [-0.2, 0) is 5.41 Å². The number of benzene rings is 1. The summed E-state index contributed by atoms with van der Waals surface area (Å²) in [5.74, 6) is -0.703. The Balaban J connectivity index is 2.22. The van der Waals surface area contributed by atoms with Gasteiger partial charge in [-0.3, -0.25) is 0 Å². The maximum Gasteiger partial charge on any atom is 0.375 e. The Labute approximate surface area is 125 Å². The summed E-state index contributed by atoms with van der Waals surface area (Å²) in [5.41, 5.74) is 3.17. The number of hydrogen-bond acceptors (Lipinski definition) is 5. The van der Waals surface area contributed by atoms with Gasteiger partial charge in [0, 0.05) is 5.41 Å². The maximum absolute atomic E-state index is 11.1. The molecule has 0 amide bonds. The van der Waals surface area contributed by atoms with Crippen molar-refractivity contribution in [3.05, 3.63) is 35.4 Å². The summed E-state index contributed by atoms with van der Waals surface area (Å²) in [4.78, 5) is 19.6. The number of carboxylic acids is 1. The van der Waals surface area contributed by atoms with E-state index >= 15 is 0 Å². The van der Waals surface area contributed by atoms with Crippen LogP contribution in [0.25, 0.3) is 15.9 Å². The van der Waals surface area contributed by atoms with Crippen molar-refractivity contribution in [3.63, 3.8) is 0 Å². The molecule has 0 unspecified atom stereocenters. The highest BCUT2D eigenvalue weighted by Gasteiger charge is 2.26. The van der Waals surface area contributed by atoms with Crippen molar-refractivity contribution >= 4 is 27.5 Å². The first-order chi connectivity index (χ1) is 9.86. The van der Waals surface area contributed by atoms with Crippen LogP contribution in [0.15, 0.2) is 23.7 Å². The largest absolute Gasteiger partial charge is 0.475 e. The van der Waals surface area contributed by atoms with E-state index < -0.39 is 5.97 Å². The van der Waals surface area contributed by atoms with Crippen LogP contribution < -0.4 is 0 Å². The lowest BCUT2D eigenvalue weighted by molar-refractivity contribution is 0.0683. The Bertz CT molecular complexity index is 829. The van der Waals surface area contributed by atoms with Crippen LogP contribution in [0.5, 0.6) is 0 Å². The van der Waals surface area contributed by atoms with Gasteiger partial charge in [-0.2, -0.15) is 0 Å². The normalized spacial score (nSPS) is 12.0. The average molecular weight is 302 g/mol. The first-order valence-corrected chi connectivity index (χ1v) is 7.29. The molecule has 108 valence electrons. The highest BCUT2D eigenvalue weighted by Crippen LogP contribution is 2.26. The highest BCUT2D eigenvalue weighted by molar-refractivity contribution is 7.16. The second-order valence-corrected chi connectivity index (χ2v) is 6.62. The van der Waals surface area contributed by atoms with Crippen LogP contribution in [0.2, 0.25) is 0 Å². The monoisotopic (exact) mass is 302 g/mol. The van der Waals surface area contributed by atoms with E-state index in [1.807, 2.05) is 39.0 Å². The number of aromatic nitrogens is 4. The van der Waals surface area contributed by atoms with E-state index in [-0.39, 0.29) is 11.2 Å². The molecule has 0 spiro atoms. The summed E-state index contributed by atoms with van der Waals surface area (Å²) in [6.45, 7) is 5.93. The first kappa shape index (κ1) is 13.7. The number of thiazole rings is 1. The van der Waals surface area contributed by atoms with E-state index in [2.05, 4.69) is 15.1 Å². The van der Waals surface area contributed by atoms with Gasteiger partial charge in [-0.25, -0.2) is 19.4 Å². The number of carboxylic acid groups (broad SMARTS) is 1. The molecule has 0 aliphatic rings. The van der Waals surface area contributed by atoms with Gasteiger partial charge in [-0.05, 0) is 18.2 Å². The third kappa shape index (κ3) is 2.40. The Morgan fingerprint density at radius 2 is 2.10 bits per heavy atom. The third-order valence-electron chi connectivity index (χ3n) is 3.03. The molecule has 1 aromatic carbocycles. The van der Waals surface area contributed by atoms with Crippen molar-refractivity contribution < 1.29 is 9.90 Å². The summed E-state index contributed by atoms with van der Waals surface area (Å²) in [6, 6.07) is 5.72. The van der Waals surface area contributed by atoms with E-state index in [4.69, 9.17) is 5.11 Å². The van der Waals surface area contributed by atoms with E-state index in [0.717, 1.165) is 15.9 Å². The van der Waals surface area contributed by atoms with E-state index in [1.165, 1.54) is 11.3 Å². The predicted molar refractivity (Wildman–Crippen MR) is 80.2 cm³/mol. The van der Waals surface area contributed by atoms with Crippen LogP contribution >= 0.6 is 11.3 Å². The van der Waals surface area contributed by atoms with Gasteiger partial charge in [-0.1, -0.05) is 20.8 Å². The molecule has 7 heteroatoms. The topological polar surface area (TPSA) is 80.9 Å². The molecule has 0 atom stereocenters. The van der Waals surface area contributed by atoms with Crippen molar-refractivity contribution in [3.8, 4) is 5.69 Å². The number of rotatable bonds is 2. The molecule has 2 aromatic heterocycles. The zero-order valence-electron chi connectivity index (χ0n) is 11.9. The van der Waals surface area contributed by atoms with Crippen LogP contribution in [0.4, 0.5) is 0 Å². The van der Waals surface area contributed by atoms with Gasteiger partial charge in [0.05, 0.1) is 21.4 Å². The van der Waals surface area contributed by atoms with Crippen LogP contribution in [0.1, 0.15) is 37.2 Å². The standard InChI is InChI=1S/C14H14N4O2S/c1-14(2,3)13-16-11(12(19)20)17-18(13)8-4-5-9-10(6-8)21-7-15-9/h4-7H,1-3H3,(H,19,20). The number of nitrogens with zero attached hydrogens (tertiary/aromatic N) is 4. The van der Waals surface area contributed by atoms with Gasteiger partial charge < -0.3 is 5.11 Å². The van der Waals surface area contributed by atoms with Gasteiger partial charge in [0.25, 0.3) is 5.82 Å². The Kier molecular flexibility index (Phi) is 3.02. The molecular weight excluding hydrogens is 288 g/mol.